The number of carbonyl (C=O) groups excluding carboxylic acids is 2. The molecule has 2 rings (SSSR count). The van der Waals surface area contributed by atoms with Crippen LogP contribution in [0.25, 0.3) is 0 Å². The van der Waals surface area contributed by atoms with E-state index in [0.717, 1.165) is 5.69 Å². The maximum atomic E-state index is 11.6. The van der Waals surface area contributed by atoms with Crippen LogP contribution in [-0.4, -0.2) is 39.1 Å². The van der Waals surface area contributed by atoms with E-state index in [0.29, 0.717) is 23.7 Å². The van der Waals surface area contributed by atoms with Gasteiger partial charge in [-0.3, -0.25) is 9.59 Å². The van der Waals surface area contributed by atoms with E-state index < -0.39 is 0 Å². The van der Waals surface area contributed by atoms with Crippen LogP contribution in [0.2, 0.25) is 0 Å². The zero-order chi connectivity index (χ0) is 15.6. The molecular weight excluding hydrogens is 272 g/mol. The highest BCUT2D eigenvalue weighted by molar-refractivity contribution is 5.97. The van der Waals surface area contributed by atoms with Crippen molar-refractivity contribution in [1.29, 1.82) is 0 Å². The van der Waals surface area contributed by atoms with Gasteiger partial charge in [-0.15, -0.1) is 0 Å². The molecule has 0 bridgehead atoms. The molecule has 1 unspecified atom stereocenters. The molecule has 0 fully saturated rings. The number of ether oxygens (including phenoxy) is 1. The van der Waals surface area contributed by atoms with E-state index in [9.17, 15) is 9.59 Å². The highest BCUT2D eigenvalue weighted by Gasteiger charge is 2.21. The monoisotopic (exact) mass is 292 g/mol. The molecule has 1 aliphatic heterocycles. The molecule has 0 spiro atoms. The number of nitrogen functional groups attached to an aromatic ring is 1. The summed E-state index contributed by atoms with van der Waals surface area (Å²) >= 11 is 0. The Labute approximate surface area is 123 Å². The van der Waals surface area contributed by atoms with Crippen LogP contribution in [-0.2, 0) is 9.59 Å². The molecule has 4 N–H and O–H groups in total. The average molecular weight is 292 g/mol. The number of nitrogens with zero attached hydrogens (tertiary/aromatic N) is 1. The van der Waals surface area contributed by atoms with Gasteiger partial charge in [0.15, 0.2) is 6.61 Å². The van der Waals surface area contributed by atoms with Gasteiger partial charge in [-0.25, -0.2) is 0 Å². The fourth-order valence-corrected chi connectivity index (χ4v) is 2.30. The number of anilines is 3. The average Bonchev–Trinajstić information content (AvgIpc) is 2.45. The first-order chi connectivity index (χ1) is 9.92. The summed E-state index contributed by atoms with van der Waals surface area (Å²) in [5.74, 6) is 0.152. The van der Waals surface area contributed by atoms with Crippen LogP contribution in [0, 0.1) is 5.92 Å². The van der Waals surface area contributed by atoms with Crippen LogP contribution in [0.1, 0.15) is 6.92 Å². The minimum absolute atomic E-state index is 0.00463. The van der Waals surface area contributed by atoms with Gasteiger partial charge in [-0.2, -0.15) is 0 Å². The summed E-state index contributed by atoms with van der Waals surface area (Å²) in [5.41, 5.74) is 7.91. The topological polar surface area (TPSA) is 96.7 Å². The molecule has 1 aliphatic rings. The van der Waals surface area contributed by atoms with E-state index in [4.69, 9.17) is 10.5 Å². The number of hydrogen-bond donors (Lipinski definition) is 3. The van der Waals surface area contributed by atoms with Crippen molar-refractivity contribution in [1.82, 2.24) is 5.32 Å². The van der Waals surface area contributed by atoms with Gasteiger partial charge in [0.2, 0.25) is 5.91 Å². The number of carbonyl (C=O) groups is 2. The smallest absolute Gasteiger partial charge is 0.262 e. The molecule has 1 aromatic rings. The lowest BCUT2D eigenvalue weighted by Crippen LogP contribution is -2.34. The Morgan fingerprint density at radius 1 is 1.57 bits per heavy atom. The second kappa shape index (κ2) is 5.90. The minimum atomic E-state index is -0.195. The summed E-state index contributed by atoms with van der Waals surface area (Å²) < 4.78 is 5.31. The quantitative estimate of drug-likeness (QED) is 0.699. The van der Waals surface area contributed by atoms with Crippen LogP contribution in [0.4, 0.5) is 17.1 Å². The SMILES string of the molecule is CNC(=O)C(C)CN(C)c1cc2c(cc1N)OCC(=O)N2. The fraction of sp³-hybridized carbons (Fsp3) is 0.429. The maximum absolute atomic E-state index is 11.6. The second-order valence-corrected chi connectivity index (χ2v) is 5.14. The van der Waals surface area contributed by atoms with Crippen molar-refractivity contribution in [3.63, 3.8) is 0 Å². The van der Waals surface area contributed by atoms with Crippen LogP contribution >= 0.6 is 0 Å². The molecule has 0 saturated heterocycles. The van der Waals surface area contributed by atoms with Gasteiger partial charge in [-0.05, 0) is 6.07 Å². The third-order valence-electron chi connectivity index (χ3n) is 3.41. The van der Waals surface area contributed by atoms with E-state index in [-0.39, 0.29) is 24.3 Å². The maximum Gasteiger partial charge on any atom is 0.262 e. The number of nitrogens with two attached hydrogens (primary N) is 1. The van der Waals surface area contributed by atoms with Crippen molar-refractivity contribution >= 4 is 28.9 Å². The molecule has 0 radical (unpaired) electrons. The molecule has 0 saturated carbocycles. The predicted octanol–water partition coefficient (Wildman–Crippen LogP) is 0.418. The van der Waals surface area contributed by atoms with Crippen molar-refractivity contribution < 1.29 is 14.3 Å². The number of benzene rings is 1. The lowest BCUT2D eigenvalue weighted by Gasteiger charge is -2.26. The van der Waals surface area contributed by atoms with Crippen LogP contribution in [0.15, 0.2) is 12.1 Å². The molecule has 1 aromatic carbocycles. The van der Waals surface area contributed by atoms with E-state index in [1.165, 1.54) is 0 Å². The molecule has 21 heavy (non-hydrogen) atoms. The first-order valence-corrected chi connectivity index (χ1v) is 6.71. The molecule has 7 nitrogen and oxygen atoms in total. The molecule has 2 amide bonds. The number of fused-ring (bicyclic) bond motifs is 1. The number of amides is 2. The Bertz CT molecular complexity index is 574. The summed E-state index contributed by atoms with van der Waals surface area (Å²) in [5, 5.41) is 5.36. The lowest BCUT2D eigenvalue weighted by atomic mass is 10.1. The zero-order valence-electron chi connectivity index (χ0n) is 12.4. The third kappa shape index (κ3) is 3.18. The van der Waals surface area contributed by atoms with Gasteiger partial charge in [-0.1, -0.05) is 6.92 Å². The Morgan fingerprint density at radius 2 is 2.29 bits per heavy atom. The van der Waals surface area contributed by atoms with Gasteiger partial charge in [0.1, 0.15) is 5.75 Å². The molecule has 114 valence electrons. The van der Waals surface area contributed by atoms with Crippen molar-refractivity contribution in [2.45, 2.75) is 6.92 Å². The van der Waals surface area contributed by atoms with Gasteiger partial charge >= 0.3 is 0 Å². The van der Waals surface area contributed by atoms with Gasteiger partial charge in [0.25, 0.3) is 5.91 Å². The largest absolute Gasteiger partial charge is 0.482 e. The Morgan fingerprint density at radius 3 is 2.95 bits per heavy atom. The highest BCUT2D eigenvalue weighted by atomic mass is 16.5. The summed E-state index contributed by atoms with van der Waals surface area (Å²) in [4.78, 5) is 24.8. The van der Waals surface area contributed by atoms with Crippen LogP contribution < -0.4 is 26.0 Å². The third-order valence-corrected chi connectivity index (χ3v) is 3.41. The van der Waals surface area contributed by atoms with Crippen LogP contribution in [0.3, 0.4) is 0 Å². The molecule has 1 heterocycles. The van der Waals surface area contributed by atoms with Crippen molar-refractivity contribution in [2.24, 2.45) is 5.92 Å². The number of hydrogen-bond acceptors (Lipinski definition) is 5. The summed E-state index contributed by atoms with van der Waals surface area (Å²) in [6.07, 6.45) is 0. The second-order valence-electron chi connectivity index (χ2n) is 5.14. The molecule has 0 aromatic heterocycles. The van der Waals surface area contributed by atoms with E-state index in [2.05, 4.69) is 10.6 Å². The first-order valence-electron chi connectivity index (χ1n) is 6.71. The highest BCUT2D eigenvalue weighted by Crippen LogP contribution is 2.36. The van der Waals surface area contributed by atoms with Crippen molar-refractivity contribution in [2.75, 3.05) is 43.2 Å². The summed E-state index contributed by atoms with van der Waals surface area (Å²) in [7, 11) is 3.46. The normalized spacial score (nSPS) is 14.5. The van der Waals surface area contributed by atoms with Crippen molar-refractivity contribution in [3.05, 3.63) is 12.1 Å². The zero-order valence-corrected chi connectivity index (χ0v) is 12.4. The summed E-state index contributed by atoms with van der Waals surface area (Å²) in [6, 6.07) is 3.45. The molecule has 1 atom stereocenters. The first kappa shape index (κ1) is 15.0. The van der Waals surface area contributed by atoms with E-state index in [1.807, 2.05) is 18.9 Å². The predicted molar refractivity (Wildman–Crippen MR) is 81.5 cm³/mol. The Hall–Kier alpha value is -2.44. The molecular formula is C14H20N4O3. The van der Waals surface area contributed by atoms with Gasteiger partial charge in [0.05, 0.1) is 23.0 Å². The van der Waals surface area contributed by atoms with E-state index >= 15 is 0 Å². The molecule has 0 aliphatic carbocycles. The lowest BCUT2D eigenvalue weighted by molar-refractivity contribution is -0.123. The standard InChI is InChI=1S/C14H20N4O3/c1-8(14(20)16-2)6-18(3)11-5-10-12(4-9(11)15)21-7-13(19)17-10/h4-5,8H,6-7,15H2,1-3H3,(H,16,20)(H,17,19). The Kier molecular flexibility index (Phi) is 4.21. The van der Waals surface area contributed by atoms with Crippen molar-refractivity contribution in [3.8, 4) is 5.75 Å². The van der Waals surface area contributed by atoms with Crippen LogP contribution in [0.5, 0.6) is 5.75 Å². The number of rotatable bonds is 4. The van der Waals surface area contributed by atoms with Gasteiger partial charge < -0.3 is 26.0 Å². The summed E-state index contributed by atoms with van der Waals surface area (Å²) in [6.45, 7) is 2.35. The molecule has 7 heteroatoms. The van der Waals surface area contributed by atoms with E-state index in [1.54, 1.807) is 19.2 Å². The minimum Gasteiger partial charge on any atom is -0.482 e. The van der Waals surface area contributed by atoms with Gasteiger partial charge in [0, 0.05) is 26.7 Å². The Balaban J connectivity index is 2.21. The fourth-order valence-electron chi connectivity index (χ4n) is 2.30. The number of nitrogens with one attached hydrogen (secondary N) is 2.